The first kappa shape index (κ1) is 14.6. The Labute approximate surface area is 114 Å². The van der Waals surface area contributed by atoms with Gasteiger partial charge in [-0.1, -0.05) is 34.8 Å². The summed E-state index contributed by atoms with van der Waals surface area (Å²) < 4.78 is 0. The number of hydrogen-bond acceptors (Lipinski definition) is 2. The number of benzene rings is 1. The molecule has 1 aromatic rings. The van der Waals surface area contributed by atoms with E-state index in [0.717, 1.165) is 0 Å². The molecule has 0 amide bonds. The molecule has 0 fully saturated rings. The number of carbonyl (C=O) groups is 1. The fraction of sp³-hybridized carbons (Fsp3) is 0.364. The van der Waals surface area contributed by atoms with Crippen molar-refractivity contribution >= 4 is 40.8 Å². The molecule has 0 heterocycles. The molecule has 0 radical (unpaired) electrons. The van der Waals surface area contributed by atoms with Gasteiger partial charge in [-0.3, -0.25) is 4.79 Å². The Kier molecular flexibility index (Phi) is 5.53. The van der Waals surface area contributed by atoms with Crippen molar-refractivity contribution < 1.29 is 9.90 Å². The van der Waals surface area contributed by atoms with Crippen LogP contribution < -0.4 is 5.73 Å². The predicted molar refractivity (Wildman–Crippen MR) is 69.9 cm³/mol. The van der Waals surface area contributed by atoms with Crippen LogP contribution in [-0.4, -0.2) is 11.1 Å². The van der Waals surface area contributed by atoms with Crippen LogP contribution in [0.1, 0.15) is 30.9 Å². The Bertz CT molecular complexity index is 423. The van der Waals surface area contributed by atoms with Gasteiger partial charge in [-0.25, -0.2) is 0 Å². The maximum atomic E-state index is 10.4. The molecule has 0 saturated carbocycles. The highest BCUT2D eigenvalue weighted by Crippen LogP contribution is 2.36. The Morgan fingerprint density at radius 1 is 1.29 bits per heavy atom. The Balaban J connectivity index is 2.78. The van der Waals surface area contributed by atoms with E-state index in [-0.39, 0.29) is 6.42 Å². The summed E-state index contributed by atoms with van der Waals surface area (Å²) in [4.78, 5) is 10.4. The third-order valence-electron chi connectivity index (χ3n) is 2.36. The molecule has 1 atom stereocenters. The molecule has 1 rings (SSSR count). The molecule has 6 heteroatoms. The molecular weight excluding hydrogens is 284 g/mol. The highest BCUT2D eigenvalue weighted by atomic mass is 35.5. The number of nitrogens with two attached hydrogens (primary N) is 1. The summed E-state index contributed by atoms with van der Waals surface area (Å²) in [6, 6.07) is 2.81. The van der Waals surface area contributed by atoms with Gasteiger partial charge in [0.2, 0.25) is 0 Å². The van der Waals surface area contributed by atoms with Gasteiger partial charge in [0.25, 0.3) is 0 Å². The average molecular weight is 297 g/mol. The van der Waals surface area contributed by atoms with Crippen molar-refractivity contribution in [2.24, 2.45) is 5.73 Å². The summed E-state index contributed by atoms with van der Waals surface area (Å²) >= 11 is 17.9. The van der Waals surface area contributed by atoms with Crippen molar-refractivity contribution in [2.75, 3.05) is 0 Å². The highest BCUT2D eigenvalue weighted by Gasteiger charge is 2.16. The topological polar surface area (TPSA) is 63.3 Å². The lowest BCUT2D eigenvalue weighted by molar-refractivity contribution is -0.137. The molecule has 0 aliphatic rings. The maximum Gasteiger partial charge on any atom is 0.303 e. The number of halogens is 3. The Morgan fingerprint density at radius 3 is 2.47 bits per heavy atom. The second kappa shape index (κ2) is 6.45. The van der Waals surface area contributed by atoms with E-state index in [4.69, 9.17) is 45.6 Å². The largest absolute Gasteiger partial charge is 0.481 e. The second-order valence-corrected chi connectivity index (χ2v) is 4.84. The van der Waals surface area contributed by atoms with E-state index >= 15 is 0 Å². The zero-order valence-corrected chi connectivity index (χ0v) is 11.2. The van der Waals surface area contributed by atoms with Crippen LogP contribution in [0.15, 0.2) is 12.1 Å². The van der Waals surface area contributed by atoms with E-state index in [0.29, 0.717) is 33.5 Å². The molecule has 0 aliphatic carbocycles. The van der Waals surface area contributed by atoms with Crippen molar-refractivity contribution in [1.29, 1.82) is 0 Å². The number of hydrogen-bond donors (Lipinski definition) is 2. The van der Waals surface area contributed by atoms with Crippen molar-refractivity contribution in [3.8, 4) is 0 Å². The van der Waals surface area contributed by atoms with Crippen LogP contribution in [0.25, 0.3) is 0 Å². The highest BCUT2D eigenvalue weighted by molar-refractivity contribution is 6.44. The number of rotatable bonds is 5. The maximum absolute atomic E-state index is 10.4. The summed E-state index contributed by atoms with van der Waals surface area (Å²) in [5.41, 5.74) is 6.51. The summed E-state index contributed by atoms with van der Waals surface area (Å²) in [7, 11) is 0. The molecule has 1 aromatic carbocycles. The van der Waals surface area contributed by atoms with Crippen LogP contribution in [-0.2, 0) is 4.79 Å². The first-order valence-corrected chi connectivity index (χ1v) is 6.17. The van der Waals surface area contributed by atoms with Crippen LogP contribution in [0.5, 0.6) is 0 Å². The predicted octanol–water partition coefficient (Wildman–Crippen LogP) is 3.90. The van der Waals surface area contributed by atoms with Gasteiger partial charge in [-0.15, -0.1) is 0 Å². The zero-order chi connectivity index (χ0) is 13.0. The van der Waals surface area contributed by atoms with Gasteiger partial charge in [-0.05, 0) is 25.0 Å². The van der Waals surface area contributed by atoms with Crippen molar-refractivity contribution in [3.05, 3.63) is 32.8 Å². The molecule has 0 unspecified atom stereocenters. The van der Waals surface area contributed by atoms with Gasteiger partial charge in [0.15, 0.2) is 0 Å². The van der Waals surface area contributed by atoms with E-state index in [1.165, 1.54) is 0 Å². The van der Waals surface area contributed by atoms with Crippen LogP contribution in [0.4, 0.5) is 0 Å². The summed E-state index contributed by atoms with van der Waals surface area (Å²) in [6.45, 7) is 0. The molecule has 0 bridgehead atoms. The summed E-state index contributed by atoms with van der Waals surface area (Å²) in [5, 5.41) is 9.71. The van der Waals surface area contributed by atoms with Crippen molar-refractivity contribution in [2.45, 2.75) is 25.3 Å². The second-order valence-electron chi connectivity index (χ2n) is 3.65. The Morgan fingerprint density at radius 2 is 1.88 bits per heavy atom. The fourth-order valence-electron chi connectivity index (χ4n) is 1.50. The molecule has 0 aliphatic heterocycles. The van der Waals surface area contributed by atoms with E-state index < -0.39 is 12.0 Å². The minimum absolute atomic E-state index is 0.0729. The SMILES string of the molecule is N[C@@H](CCCC(=O)O)c1c(Cl)ccc(Cl)c1Cl. The van der Waals surface area contributed by atoms with Crippen molar-refractivity contribution in [3.63, 3.8) is 0 Å². The molecule has 3 N–H and O–H groups in total. The standard InChI is InChI=1S/C11H12Cl3NO2/c12-6-4-5-7(13)11(14)10(6)8(15)2-1-3-9(16)17/h4-5,8H,1-3,15H2,(H,16,17)/t8-/m0/s1. The smallest absolute Gasteiger partial charge is 0.303 e. The quantitative estimate of drug-likeness (QED) is 0.810. The van der Waals surface area contributed by atoms with Gasteiger partial charge < -0.3 is 10.8 Å². The van der Waals surface area contributed by atoms with Crippen LogP contribution in [0.2, 0.25) is 15.1 Å². The third kappa shape index (κ3) is 4.03. The van der Waals surface area contributed by atoms with Gasteiger partial charge in [-0.2, -0.15) is 0 Å². The molecule has 0 saturated heterocycles. The molecular formula is C11H12Cl3NO2. The minimum Gasteiger partial charge on any atom is -0.481 e. The van der Waals surface area contributed by atoms with Gasteiger partial charge in [0, 0.05) is 23.0 Å². The first-order valence-electron chi connectivity index (χ1n) is 5.04. The summed E-state index contributed by atoms with van der Waals surface area (Å²) in [5.74, 6) is -0.847. The van der Waals surface area contributed by atoms with Crippen LogP contribution in [0.3, 0.4) is 0 Å². The van der Waals surface area contributed by atoms with E-state index in [9.17, 15) is 4.79 Å². The van der Waals surface area contributed by atoms with Gasteiger partial charge in [0.1, 0.15) is 0 Å². The number of aliphatic carboxylic acids is 1. The third-order valence-corrected chi connectivity index (χ3v) is 3.50. The summed E-state index contributed by atoms with van der Waals surface area (Å²) in [6.07, 6.45) is 1.03. The molecule has 17 heavy (non-hydrogen) atoms. The van der Waals surface area contributed by atoms with E-state index in [2.05, 4.69) is 0 Å². The molecule has 0 aromatic heterocycles. The number of carboxylic acid groups (broad SMARTS) is 1. The Hall–Kier alpha value is -0.480. The van der Waals surface area contributed by atoms with Gasteiger partial charge in [0.05, 0.1) is 10.0 Å². The number of carboxylic acids is 1. The monoisotopic (exact) mass is 295 g/mol. The zero-order valence-electron chi connectivity index (χ0n) is 8.92. The molecule has 94 valence electrons. The lowest BCUT2D eigenvalue weighted by Gasteiger charge is -2.15. The normalized spacial score (nSPS) is 12.5. The minimum atomic E-state index is -0.847. The molecule has 3 nitrogen and oxygen atoms in total. The van der Waals surface area contributed by atoms with E-state index in [1.807, 2.05) is 0 Å². The van der Waals surface area contributed by atoms with E-state index in [1.54, 1.807) is 12.1 Å². The van der Waals surface area contributed by atoms with Crippen LogP contribution in [0, 0.1) is 0 Å². The van der Waals surface area contributed by atoms with Gasteiger partial charge >= 0.3 is 5.97 Å². The lowest BCUT2D eigenvalue weighted by atomic mass is 10.0. The first-order chi connectivity index (χ1) is 7.93. The van der Waals surface area contributed by atoms with Crippen LogP contribution >= 0.6 is 34.8 Å². The lowest BCUT2D eigenvalue weighted by Crippen LogP contribution is -2.12. The molecule has 0 spiro atoms. The average Bonchev–Trinajstić information content (AvgIpc) is 2.23. The van der Waals surface area contributed by atoms with Crippen molar-refractivity contribution in [1.82, 2.24) is 0 Å². The fourth-order valence-corrected chi connectivity index (χ4v) is 2.32.